The fourth-order valence-corrected chi connectivity index (χ4v) is 2.07. The molecule has 0 heterocycles. The summed E-state index contributed by atoms with van der Waals surface area (Å²) in [5.74, 6) is 0.157. The molecule has 0 aliphatic heterocycles. The maximum atomic E-state index is 11.8. The van der Waals surface area contributed by atoms with Gasteiger partial charge in [0.25, 0.3) is 5.91 Å². The van der Waals surface area contributed by atoms with Crippen molar-refractivity contribution in [1.29, 1.82) is 0 Å². The van der Waals surface area contributed by atoms with E-state index in [0.29, 0.717) is 18.7 Å². The number of benzene rings is 2. The molecule has 5 nitrogen and oxygen atoms in total. The van der Waals surface area contributed by atoms with Crippen LogP contribution in [0.2, 0.25) is 0 Å². The Morgan fingerprint density at radius 2 is 1.83 bits per heavy atom. The summed E-state index contributed by atoms with van der Waals surface area (Å²) in [6.07, 6.45) is 0.559. The van der Waals surface area contributed by atoms with Gasteiger partial charge in [-0.05, 0) is 61.2 Å². The lowest BCUT2D eigenvalue weighted by Crippen LogP contribution is -2.30. The summed E-state index contributed by atoms with van der Waals surface area (Å²) in [4.78, 5) is 11.8. The molecule has 2 aromatic rings. The van der Waals surface area contributed by atoms with Gasteiger partial charge in [-0.2, -0.15) is 0 Å². The van der Waals surface area contributed by atoms with Crippen LogP contribution in [0.1, 0.15) is 16.7 Å². The van der Waals surface area contributed by atoms with Crippen LogP contribution in [0, 0.1) is 13.8 Å². The highest BCUT2D eigenvalue weighted by Gasteiger charge is 2.05. The standard InChI is InChI=1S/C18H21NO4/c1-12-3-5-15(9-13(12)2)23-11-18(22)19-8-7-14-4-6-16(20)17(21)10-14/h3-6,9-10,20-21H,7-8,11H2,1-2H3,(H,19,22). The summed E-state index contributed by atoms with van der Waals surface area (Å²) >= 11 is 0. The number of carbonyl (C=O) groups excluding carboxylic acids is 1. The van der Waals surface area contributed by atoms with Gasteiger partial charge < -0.3 is 20.3 Å². The normalized spacial score (nSPS) is 10.3. The number of carbonyl (C=O) groups is 1. The molecule has 0 aliphatic carbocycles. The van der Waals surface area contributed by atoms with Gasteiger partial charge >= 0.3 is 0 Å². The summed E-state index contributed by atoms with van der Waals surface area (Å²) in [5.41, 5.74) is 3.13. The van der Waals surface area contributed by atoms with Crippen LogP contribution in [0.25, 0.3) is 0 Å². The molecule has 2 aromatic carbocycles. The maximum Gasteiger partial charge on any atom is 0.257 e. The number of nitrogens with one attached hydrogen (secondary N) is 1. The highest BCUT2D eigenvalue weighted by Crippen LogP contribution is 2.24. The van der Waals surface area contributed by atoms with Crippen LogP contribution < -0.4 is 10.1 Å². The molecular formula is C18H21NO4. The predicted octanol–water partition coefficient (Wildman–Crippen LogP) is 2.45. The Morgan fingerprint density at radius 1 is 1.04 bits per heavy atom. The maximum absolute atomic E-state index is 11.8. The Hall–Kier alpha value is -2.69. The highest BCUT2D eigenvalue weighted by atomic mass is 16.5. The zero-order chi connectivity index (χ0) is 16.8. The molecule has 0 aromatic heterocycles. The van der Waals surface area contributed by atoms with Crippen molar-refractivity contribution in [2.45, 2.75) is 20.3 Å². The Kier molecular flexibility index (Phi) is 5.46. The Bertz CT molecular complexity index is 697. The van der Waals surface area contributed by atoms with Gasteiger partial charge in [0, 0.05) is 6.54 Å². The first-order valence-electron chi connectivity index (χ1n) is 7.43. The lowest BCUT2D eigenvalue weighted by atomic mass is 10.1. The second kappa shape index (κ2) is 7.54. The van der Waals surface area contributed by atoms with E-state index in [4.69, 9.17) is 4.74 Å². The molecule has 0 radical (unpaired) electrons. The van der Waals surface area contributed by atoms with Crippen molar-refractivity contribution in [3.8, 4) is 17.2 Å². The molecule has 122 valence electrons. The van der Waals surface area contributed by atoms with Gasteiger partial charge in [-0.25, -0.2) is 0 Å². The summed E-state index contributed by atoms with van der Waals surface area (Å²) in [6.45, 7) is 4.41. The van der Waals surface area contributed by atoms with Gasteiger partial charge in [-0.15, -0.1) is 0 Å². The third kappa shape index (κ3) is 4.92. The summed E-state index contributed by atoms with van der Waals surface area (Å²) in [5, 5.41) is 21.4. The molecule has 0 fully saturated rings. The quantitative estimate of drug-likeness (QED) is 0.716. The number of ether oxygens (including phenoxy) is 1. The van der Waals surface area contributed by atoms with E-state index in [1.54, 1.807) is 6.07 Å². The van der Waals surface area contributed by atoms with Crippen LogP contribution in [0.15, 0.2) is 36.4 Å². The van der Waals surface area contributed by atoms with E-state index < -0.39 is 0 Å². The Balaban J connectivity index is 1.74. The minimum atomic E-state index is -0.203. The molecule has 0 unspecified atom stereocenters. The van der Waals surface area contributed by atoms with E-state index in [9.17, 15) is 15.0 Å². The first kappa shape index (κ1) is 16.7. The number of phenolic OH excluding ortho intramolecular Hbond substituents is 2. The Labute approximate surface area is 135 Å². The lowest BCUT2D eigenvalue weighted by molar-refractivity contribution is -0.123. The minimum Gasteiger partial charge on any atom is -0.504 e. The number of rotatable bonds is 6. The van der Waals surface area contributed by atoms with Crippen molar-refractivity contribution in [3.05, 3.63) is 53.1 Å². The van der Waals surface area contributed by atoms with Gasteiger partial charge in [-0.3, -0.25) is 4.79 Å². The fourth-order valence-electron chi connectivity index (χ4n) is 2.07. The van der Waals surface area contributed by atoms with E-state index in [-0.39, 0.29) is 24.0 Å². The van der Waals surface area contributed by atoms with Crippen LogP contribution in [-0.2, 0) is 11.2 Å². The molecule has 23 heavy (non-hydrogen) atoms. The number of hydrogen-bond donors (Lipinski definition) is 3. The van der Waals surface area contributed by atoms with Crippen molar-refractivity contribution in [2.24, 2.45) is 0 Å². The third-order valence-corrected chi connectivity index (χ3v) is 3.62. The number of hydrogen-bond acceptors (Lipinski definition) is 4. The van der Waals surface area contributed by atoms with Crippen molar-refractivity contribution in [3.63, 3.8) is 0 Å². The number of aryl methyl sites for hydroxylation is 2. The monoisotopic (exact) mass is 315 g/mol. The van der Waals surface area contributed by atoms with Gasteiger partial charge in [0.15, 0.2) is 18.1 Å². The molecular weight excluding hydrogens is 294 g/mol. The SMILES string of the molecule is Cc1ccc(OCC(=O)NCCc2ccc(O)c(O)c2)cc1C. The molecule has 0 bridgehead atoms. The van der Waals surface area contributed by atoms with E-state index in [1.807, 2.05) is 32.0 Å². The smallest absolute Gasteiger partial charge is 0.257 e. The highest BCUT2D eigenvalue weighted by molar-refractivity contribution is 5.77. The molecule has 1 amide bonds. The Morgan fingerprint density at radius 3 is 2.52 bits per heavy atom. The molecule has 2 rings (SSSR count). The van der Waals surface area contributed by atoms with E-state index in [2.05, 4.69) is 5.32 Å². The molecule has 0 aliphatic rings. The average Bonchev–Trinajstić information content (AvgIpc) is 2.52. The fraction of sp³-hybridized carbons (Fsp3) is 0.278. The molecule has 0 spiro atoms. The van der Waals surface area contributed by atoms with Gasteiger partial charge in [-0.1, -0.05) is 12.1 Å². The first-order chi connectivity index (χ1) is 11.0. The van der Waals surface area contributed by atoms with Crippen LogP contribution in [0.4, 0.5) is 0 Å². The van der Waals surface area contributed by atoms with E-state index >= 15 is 0 Å². The molecule has 5 heteroatoms. The zero-order valence-electron chi connectivity index (χ0n) is 13.3. The second-order valence-corrected chi connectivity index (χ2v) is 5.46. The zero-order valence-corrected chi connectivity index (χ0v) is 13.3. The van der Waals surface area contributed by atoms with Gasteiger partial charge in [0.2, 0.25) is 0 Å². The largest absolute Gasteiger partial charge is 0.504 e. The van der Waals surface area contributed by atoms with Crippen LogP contribution in [-0.4, -0.2) is 29.3 Å². The molecule has 0 atom stereocenters. The molecule has 0 saturated carbocycles. The van der Waals surface area contributed by atoms with Crippen molar-refractivity contribution in [2.75, 3.05) is 13.2 Å². The third-order valence-electron chi connectivity index (χ3n) is 3.62. The van der Waals surface area contributed by atoms with Crippen LogP contribution >= 0.6 is 0 Å². The van der Waals surface area contributed by atoms with Gasteiger partial charge in [0.1, 0.15) is 5.75 Å². The first-order valence-corrected chi connectivity index (χ1v) is 7.43. The minimum absolute atomic E-state index is 0.0384. The average molecular weight is 315 g/mol. The lowest BCUT2D eigenvalue weighted by Gasteiger charge is -2.09. The van der Waals surface area contributed by atoms with Crippen molar-refractivity contribution in [1.82, 2.24) is 5.32 Å². The topological polar surface area (TPSA) is 78.8 Å². The van der Waals surface area contributed by atoms with Crippen molar-refractivity contribution >= 4 is 5.91 Å². The second-order valence-electron chi connectivity index (χ2n) is 5.46. The summed E-state index contributed by atoms with van der Waals surface area (Å²) in [7, 11) is 0. The van der Waals surface area contributed by atoms with Crippen LogP contribution in [0.3, 0.4) is 0 Å². The molecule has 3 N–H and O–H groups in total. The molecule has 0 saturated heterocycles. The summed E-state index contributed by atoms with van der Waals surface area (Å²) in [6, 6.07) is 10.3. The number of phenols is 2. The number of aromatic hydroxyl groups is 2. The van der Waals surface area contributed by atoms with Gasteiger partial charge in [0.05, 0.1) is 0 Å². The summed E-state index contributed by atoms with van der Waals surface area (Å²) < 4.78 is 5.46. The van der Waals surface area contributed by atoms with Crippen molar-refractivity contribution < 1.29 is 19.7 Å². The number of amides is 1. The van der Waals surface area contributed by atoms with Crippen LogP contribution in [0.5, 0.6) is 17.2 Å². The predicted molar refractivity (Wildman–Crippen MR) is 87.9 cm³/mol. The van der Waals surface area contributed by atoms with E-state index in [0.717, 1.165) is 11.1 Å². The van der Waals surface area contributed by atoms with E-state index in [1.165, 1.54) is 17.7 Å².